The molecule has 1 heterocycles. The average molecular weight is 574 g/mol. The van der Waals surface area contributed by atoms with Crippen LogP contribution in [0.4, 0.5) is 13.2 Å². The fourth-order valence-corrected chi connectivity index (χ4v) is 5.40. The molecule has 1 atom stereocenters. The van der Waals surface area contributed by atoms with Gasteiger partial charge in [0.1, 0.15) is 17.7 Å². The average Bonchev–Trinajstić information content (AvgIpc) is 3.11. The molecular formula is C31H38F3N3O4. The van der Waals surface area contributed by atoms with E-state index in [0.29, 0.717) is 25.1 Å². The largest absolute Gasteiger partial charge is 0.481 e. The molecule has 222 valence electrons. The van der Waals surface area contributed by atoms with E-state index in [-0.39, 0.29) is 29.5 Å². The van der Waals surface area contributed by atoms with Gasteiger partial charge in [-0.1, -0.05) is 62.1 Å². The molecule has 7 nitrogen and oxygen atoms in total. The van der Waals surface area contributed by atoms with Gasteiger partial charge in [0.2, 0.25) is 0 Å². The van der Waals surface area contributed by atoms with Crippen LogP contribution < -0.4 is 5.32 Å². The summed E-state index contributed by atoms with van der Waals surface area (Å²) in [6, 6.07) is 12.1. The van der Waals surface area contributed by atoms with E-state index >= 15 is 0 Å². The molecule has 1 aliphatic heterocycles. The van der Waals surface area contributed by atoms with Crippen LogP contribution in [-0.4, -0.2) is 59.7 Å². The van der Waals surface area contributed by atoms with Crippen molar-refractivity contribution in [2.24, 2.45) is 10.9 Å². The Kier molecular flexibility index (Phi) is 11.2. The molecule has 1 unspecified atom stereocenters. The molecule has 0 spiro atoms. The molecule has 2 aromatic rings. The highest BCUT2D eigenvalue weighted by Gasteiger charge is 2.48. The van der Waals surface area contributed by atoms with Gasteiger partial charge in [-0.05, 0) is 50.9 Å². The molecule has 4 rings (SSSR count). The van der Waals surface area contributed by atoms with Gasteiger partial charge in [-0.3, -0.25) is 19.4 Å². The zero-order valence-electron chi connectivity index (χ0n) is 23.5. The van der Waals surface area contributed by atoms with E-state index in [4.69, 9.17) is 10.1 Å². The zero-order valence-corrected chi connectivity index (χ0v) is 23.5. The first-order valence-corrected chi connectivity index (χ1v) is 14.0. The Hall–Kier alpha value is -3.53. The lowest BCUT2D eigenvalue weighted by molar-refractivity contribution is -0.138. The Bertz CT molecular complexity index is 1220. The third-order valence-corrected chi connectivity index (χ3v) is 7.75. The van der Waals surface area contributed by atoms with E-state index in [2.05, 4.69) is 5.32 Å². The zero-order chi connectivity index (χ0) is 30.0. The SMILES string of the molecule is CC1(C2CCCCCC2)N=C(c2cccc(C(F)(F)F)c2)C(=O)N1CCc1ccc(C=O)cc1.CNCCC(=O)O. The lowest BCUT2D eigenvalue weighted by atomic mass is 9.86. The molecule has 2 aliphatic rings. The highest BCUT2D eigenvalue weighted by molar-refractivity contribution is 6.46. The van der Waals surface area contributed by atoms with Crippen molar-refractivity contribution >= 4 is 23.9 Å². The lowest BCUT2D eigenvalue weighted by Gasteiger charge is -2.39. The fourth-order valence-electron chi connectivity index (χ4n) is 5.40. The summed E-state index contributed by atoms with van der Waals surface area (Å²) in [6.07, 6.45) is 3.36. The standard InChI is InChI=1S/C27H29F3N2O2.C4H9NO2/c1-26(22-8-4-2-3-5-9-22)31-24(21-7-6-10-23(17-21)27(28,29)30)25(34)32(26)16-15-19-11-13-20(18-33)14-12-19;1-5-3-2-4(6)7/h6-7,10-14,17-18,22H,2-5,8-9,15-16H2,1H3;5H,2-3H2,1H3,(H,6,7). The van der Waals surface area contributed by atoms with Crippen LogP contribution in [0, 0.1) is 5.92 Å². The van der Waals surface area contributed by atoms with Crippen LogP contribution in [-0.2, 0) is 22.2 Å². The summed E-state index contributed by atoms with van der Waals surface area (Å²) in [4.78, 5) is 40.9. The molecule has 0 aromatic heterocycles. The number of nitrogens with one attached hydrogen (secondary N) is 1. The second-order valence-electron chi connectivity index (χ2n) is 10.6. The summed E-state index contributed by atoms with van der Waals surface area (Å²) in [7, 11) is 1.73. The van der Waals surface area contributed by atoms with Gasteiger partial charge in [-0.15, -0.1) is 0 Å². The summed E-state index contributed by atoms with van der Waals surface area (Å²) in [5, 5.41) is 10.7. The topological polar surface area (TPSA) is 99.1 Å². The quantitative estimate of drug-likeness (QED) is 0.294. The van der Waals surface area contributed by atoms with Gasteiger partial charge in [0, 0.05) is 30.1 Å². The minimum Gasteiger partial charge on any atom is -0.481 e. The number of benzene rings is 2. The number of aliphatic carboxylic acids is 1. The minimum atomic E-state index is -4.49. The number of aliphatic imine (C=N–C) groups is 1. The number of carbonyl (C=O) groups excluding carboxylic acids is 2. The molecule has 41 heavy (non-hydrogen) atoms. The van der Waals surface area contributed by atoms with Gasteiger partial charge in [0.15, 0.2) is 0 Å². The van der Waals surface area contributed by atoms with Crippen LogP contribution in [0.25, 0.3) is 0 Å². The monoisotopic (exact) mass is 573 g/mol. The number of amides is 1. The summed E-state index contributed by atoms with van der Waals surface area (Å²) in [6.45, 7) is 2.91. The number of carbonyl (C=O) groups is 3. The van der Waals surface area contributed by atoms with E-state index in [9.17, 15) is 27.6 Å². The molecule has 0 bridgehead atoms. The van der Waals surface area contributed by atoms with E-state index in [0.717, 1.165) is 62.5 Å². The van der Waals surface area contributed by atoms with Crippen molar-refractivity contribution in [3.8, 4) is 0 Å². The second kappa shape index (κ2) is 14.4. The molecule has 10 heteroatoms. The summed E-state index contributed by atoms with van der Waals surface area (Å²) >= 11 is 0. The Morgan fingerprint density at radius 1 is 1.12 bits per heavy atom. The van der Waals surface area contributed by atoms with Crippen molar-refractivity contribution < 1.29 is 32.7 Å². The summed E-state index contributed by atoms with van der Waals surface area (Å²) < 4.78 is 40.0. The first-order chi connectivity index (χ1) is 19.5. The van der Waals surface area contributed by atoms with Gasteiger partial charge in [0.05, 0.1) is 12.0 Å². The van der Waals surface area contributed by atoms with Gasteiger partial charge in [0.25, 0.3) is 5.91 Å². The van der Waals surface area contributed by atoms with E-state index in [1.807, 2.05) is 19.1 Å². The number of hydrogen-bond acceptors (Lipinski definition) is 5. The summed E-state index contributed by atoms with van der Waals surface area (Å²) in [5.74, 6) is -0.926. The van der Waals surface area contributed by atoms with Crippen LogP contribution in [0.2, 0.25) is 0 Å². The van der Waals surface area contributed by atoms with Gasteiger partial charge < -0.3 is 15.3 Å². The van der Waals surface area contributed by atoms with Crippen LogP contribution in [0.15, 0.2) is 53.5 Å². The molecule has 2 aromatic carbocycles. The number of nitrogens with zero attached hydrogens (tertiary/aromatic N) is 2. The maximum Gasteiger partial charge on any atom is 0.416 e. The highest BCUT2D eigenvalue weighted by Crippen LogP contribution is 2.41. The Labute approximate surface area is 238 Å². The van der Waals surface area contributed by atoms with Crippen molar-refractivity contribution in [1.29, 1.82) is 0 Å². The Morgan fingerprint density at radius 3 is 2.32 bits per heavy atom. The Morgan fingerprint density at radius 2 is 1.78 bits per heavy atom. The van der Waals surface area contributed by atoms with Crippen molar-refractivity contribution in [1.82, 2.24) is 10.2 Å². The first kappa shape index (κ1) is 32.0. The molecule has 1 saturated carbocycles. The van der Waals surface area contributed by atoms with Gasteiger partial charge in [-0.25, -0.2) is 0 Å². The van der Waals surface area contributed by atoms with Crippen molar-refractivity contribution in [3.05, 3.63) is 70.8 Å². The number of rotatable bonds is 9. The van der Waals surface area contributed by atoms with E-state index in [1.165, 1.54) is 12.1 Å². The predicted molar refractivity (Wildman–Crippen MR) is 151 cm³/mol. The number of carboxylic acid groups (broad SMARTS) is 1. The number of hydrogen-bond donors (Lipinski definition) is 2. The van der Waals surface area contributed by atoms with Gasteiger partial charge in [-0.2, -0.15) is 13.2 Å². The highest BCUT2D eigenvalue weighted by atomic mass is 19.4. The maximum absolute atomic E-state index is 13.6. The molecule has 2 N–H and O–H groups in total. The molecule has 0 radical (unpaired) electrons. The molecule has 1 aliphatic carbocycles. The smallest absolute Gasteiger partial charge is 0.416 e. The van der Waals surface area contributed by atoms with E-state index < -0.39 is 23.4 Å². The Balaban J connectivity index is 0.000000587. The van der Waals surface area contributed by atoms with Crippen LogP contribution in [0.1, 0.15) is 78.9 Å². The van der Waals surface area contributed by atoms with E-state index in [1.54, 1.807) is 24.1 Å². The molecular weight excluding hydrogens is 535 g/mol. The van der Waals surface area contributed by atoms with Crippen LogP contribution in [0.5, 0.6) is 0 Å². The minimum absolute atomic E-state index is 0.106. The van der Waals surface area contributed by atoms with Crippen molar-refractivity contribution in [3.63, 3.8) is 0 Å². The molecule has 1 fully saturated rings. The fraction of sp³-hybridized carbons (Fsp3) is 0.484. The first-order valence-electron chi connectivity index (χ1n) is 14.0. The number of alkyl halides is 3. The third kappa shape index (κ3) is 8.48. The molecule has 0 saturated heterocycles. The maximum atomic E-state index is 13.6. The molecule has 1 amide bonds. The summed E-state index contributed by atoms with van der Waals surface area (Å²) in [5.41, 5.74) is 0.291. The number of halogens is 3. The van der Waals surface area contributed by atoms with Gasteiger partial charge >= 0.3 is 12.1 Å². The third-order valence-electron chi connectivity index (χ3n) is 7.75. The number of carboxylic acids is 1. The number of aldehydes is 1. The van der Waals surface area contributed by atoms with Crippen molar-refractivity contribution in [2.45, 2.75) is 70.1 Å². The van der Waals surface area contributed by atoms with Crippen molar-refractivity contribution in [2.75, 3.05) is 20.1 Å². The normalized spacial score (nSPS) is 19.7. The predicted octanol–water partition coefficient (Wildman–Crippen LogP) is 5.76. The van der Waals surface area contributed by atoms with Crippen LogP contribution in [0.3, 0.4) is 0 Å². The van der Waals surface area contributed by atoms with Crippen LogP contribution >= 0.6 is 0 Å². The second-order valence-corrected chi connectivity index (χ2v) is 10.6. The lowest BCUT2D eigenvalue weighted by Crippen LogP contribution is -2.50.